The molecule has 1 saturated heterocycles. The quantitative estimate of drug-likeness (QED) is 0.632. The fourth-order valence-electron chi connectivity index (χ4n) is 2.76. The third-order valence-electron chi connectivity index (χ3n) is 3.72. The zero-order valence-corrected chi connectivity index (χ0v) is 13.2. The number of nitro groups is 1. The van der Waals surface area contributed by atoms with Crippen LogP contribution in [-0.2, 0) is 6.54 Å². The molecule has 0 atom stereocenters. The van der Waals surface area contributed by atoms with Crippen LogP contribution < -0.4 is 0 Å². The van der Waals surface area contributed by atoms with E-state index in [0.29, 0.717) is 5.41 Å². The van der Waals surface area contributed by atoms with Gasteiger partial charge in [-0.25, -0.2) is 0 Å². The summed E-state index contributed by atoms with van der Waals surface area (Å²) in [6.45, 7) is 13.2. The molecule has 0 saturated carbocycles. The molecule has 0 N–H and O–H groups in total. The van der Waals surface area contributed by atoms with Gasteiger partial charge in [-0.1, -0.05) is 32.9 Å². The molecule has 1 aromatic rings. The first-order valence-corrected chi connectivity index (χ1v) is 7.51. The zero-order chi connectivity index (χ0) is 15.5. The van der Waals surface area contributed by atoms with E-state index in [9.17, 15) is 10.1 Å². The topological polar surface area (TPSA) is 49.6 Å². The Bertz CT molecular complexity index is 471. The molecule has 1 aromatic carbocycles. The molecule has 1 aliphatic rings. The van der Waals surface area contributed by atoms with Gasteiger partial charge in [0.05, 0.1) is 4.92 Å². The van der Waals surface area contributed by atoms with E-state index in [-0.39, 0.29) is 10.6 Å². The van der Waals surface area contributed by atoms with Gasteiger partial charge in [0.2, 0.25) is 0 Å². The van der Waals surface area contributed by atoms with E-state index in [4.69, 9.17) is 0 Å². The third-order valence-corrected chi connectivity index (χ3v) is 3.72. The molecule has 21 heavy (non-hydrogen) atoms. The Morgan fingerprint density at radius 2 is 1.57 bits per heavy atom. The summed E-state index contributed by atoms with van der Waals surface area (Å²) in [5, 5.41) is 10.6. The normalized spacial score (nSPS) is 17.9. The largest absolute Gasteiger partial charge is 0.300 e. The summed E-state index contributed by atoms with van der Waals surface area (Å²) < 4.78 is 0. The molecule has 1 aliphatic heterocycles. The van der Waals surface area contributed by atoms with Gasteiger partial charge in [0.25, 0.3) is 5.69 Å². The maximum atomic E-state index is 10.6. The average Bonchev–Trinajstić information content (AvgIpc) is 2.40. The van der Waals surface area contributed by atoms with Crippen molar-refractivity contribution >= 4 is 5.69 Å². The van der Waals surface area contributed by atoms with Gasteiger partial charge in [-0.2, -0.15) is 0 Å². The highest BCUT2D eigenvalue weighted by molar-refractivity contribution is 5.32. The predicted molar refractivity (Wildman–Crippen MR) is 84.3 cm³/mol. The molecule has 0 aliphatic carbocycles. The van der Waals surface area contributed by atoms with Crippen molar-refractivity contribution in [2.24, 2.45) is 5.41 Å². The summed E-state index contributed by atoms with van der Waals surface area (Å²) in [5.41, 5.74) is 1.65. The lowest BCUT2D eigenvalue weighted by molar-refractivity contribution is -0.384. The van der Waals surface area contributed by atoms with Crippen molar-refractivity contribution in [1.82, 2.24) is 9.80 Å². The lowest BCUT2D eigenvalue weighted by atomic mass is 9.96. The van der Waals surface area contributed by atoms with Crippen LogP contribution in [-0.4, -0.2) is 47.4 Å². The molecule has 0 spiro atoms. The Hall–Kier alpha value is -1.46. The highest BCUT2D eigenvalue weighted by Crippen LogP contribution is 2.18. The molecule has 5 nitrogen and oxygen atoms in total. The lowest BCUT2D eigenvalue weighted by Gasteiger charge is -2.37. The van der Waals surface area contributed by atoms with Crippen molar-refractivity contribution in [3.05, 3.63) is 39.9 Å². The van der Waals surface area contributed by atoms with Crippen LogP contribution >= 0.6 is 0 Å². The number of nitrogens with zero attached hydrogens (tertiary/aromatic N) is 3. The van der Waals surface area contributed by atoms with E-state index in [2.05, 4.69) is 30.6 Å². The molecule has 0 unspecified atom stereocenters. The Kier molecular flexibility index (Phi) is 4.96. The Labute approximate surface area is 126 Å². The Balaban J connectivity index is 1.82. The van der Waals surface area contributed by atoms with Crippen molar-refractivity contribution in [3.8, 4) is 0 Å². The van der Waals surface area contributed by atoms with Crippen LogP contribution in [0.15, 0.2) is 24.3 Å². The van der Waals surface area contributed by atoms with Crippen molar-refractivity contribution in [3.63, 3.8) is 0 Å². The molecule has 1 heterocycles. The van der Waals surface area contributed by atoms with Crippen LogP contribution in [0.5, 0.6) is 0 Å². The number of piperazine rings is 1. The number of hydrogen-bond acceptors (Lipinski definition) is 4. The second kappa shape index (κ2) is 6.54. The fraction of sp³-hybridized carbons (Fsp3) is 0.625. The molecule has 0 bridgehead atoms. The van der Waals surface area contributed by atoms with E-state index in [1.54, 1.807) is 12.1 Å². The van der Waals surface area contributed by atoms with Crippen LogP contribution in [0.4, 0.5) is 5.69 Å². The maximum absolute atomic E-state index is 10.6. The van der Waals surface area contributed by atoms with Crippen LogP contribution in [0, 0.1) is 15.5 Å². The summed E-state index contributed by atoms with van der Waals surface area (Å²) in [6.07, 6.45) is 0. The van der Waals surface area contributed by atoms with Crippen LogP contribution in [0.3, 0.4) is 0 Å². The molecule has 0 aromatic heterocycles. The summed E-state index contributed by atoms with van der Waals surface area (Å²) in [7, 11) is 0. The second-order valence-electron chi connectivity index (χ2n) is 7.04. The van der Waals surface area contributed by atoms with Gasteiger partial charge in [-0.05, 0) is 11.0 Å². The van der Waals surface area contributed by atoms with Crippen molar-refractivity contribution in [1.29, 1.82) is 0 Å². The Morgan fingerprint density at radius 1 is 1.05 bits per heavy atom. The highest BCUT2D eigenvalue weighted by atomic mass is 16.6. The predicted octanol–water partition coefficient (Wildman–Crippen LogP) is 2.76. The molecule has 116 valence electrons. The minimum Gasteiger partial charge on any atom is -0.300 e. The number of benzene rings is 1. The summed E-state index contributed by atoms with van der Waals surface area (Å²) in [4.78, 5) is 15.2. The van der Waals surface area contributed by atoms with Gasteiger partial charge in [-0.3, -0.25) is 15.0 Å². The lowest BCUT2D eigenvalue weighted by Crippen LogP contribution is -2.48. The standard InChI is InChI=1S/C16H25N3O2/c1-16(2,3)13-18-10-8-17(9-11-18)12-14-4-6-15(7-5-14)19(20)21/h4-7H,8-13H2,1-3H3. The fourth-order valence-corrected chi connectivity index (χ4v) is 2.76. The van der Waals surface area contributed by atoms with Gasteiger partial charge in [0, 0.05) is 51.4 Å². The smallest absolute Gasteiger partial charge is 0.269 e. The summed E-state index contributed by atoms with van der Waals surface area (Å²) >= 11 is 0. The van der Waals surface area contributed by atoms with Gasteiger partial charge in [-0.15, -0.1) is 0 Å². The SMILES string of the molecule is CC(C)(C)CN1CCN(Cc2ccc([N+](=O)[O-])cc2)CC1. The number of hydrogen-bond donors (Lipinski definition) is 0. The van der Waals surface area contributed by atoms with Gasteiger partial charge in [0.15, 0.2) is 0 Å². The van der Waals surface area contributed by atoms with E-state index >= 15 is 0 Å². The van der Waals surface area contributed by atoms with Gasteiger partial charge >= 0.3 is 0 Å². The molecular formula is C16H25N3O2. The zero-order valence-electron chi connectivity index (χ0n) is 13.2. The van der Waals surface area contributed by atoms with Gasteiger partial charge in [0.1, 0.15) is 0 Å². The van der Waals surface area contributed by atoms with Crippen molar-refractivity contribution < 1.29 is 4.92 Å². The first-order chi connectivity index (χ1) is 9.83. The second-order valence-corrected chi connectivity index (χ2v) is 7.04. The van der Waals surface area contributed by atoms with Crippen LogP contribution in [0.1, 0.15) is 26.3 Å². The van der Waals surface area contributed by atoms with Crippen LogP contribution in [0.2, 0.25) is 0 Å². The number of nitro benzene ring substituents is 1. The van der Waals surface area contributed by atoms with E-state index < -0.39 is 0 Å². The minimum atomic E-state index is -0.352. The monoisotopic (exact) mass is 291 g/mol. The number of rotatable bonds is 4. The summed E-state index contributed by atoms with van der Waals surface area (Å²) in [5.74, 6) is 0. The molecule has 1 fully saturated rings. The first kappa shape index (κ1) is 15.9. The van der Waals surface area contributed by atoms with Crippen molar-refractivity contribution in [2.75, 3.05) is 32.7 Å². The van der Waals surface area contributed by atoms with E-state index in [1.807, 2.05) is 12.1 Å². The first-order valence-electron chi connectivity index (χ1n) is 7.51. The molecule has 0 radical (unpaired) electrons. The minimum absolute atomic E-state index is 0.161. The van der Waals surface area contributed by atoms with Crippen molar-refractivity contribution in [2.45, 2.75) is 27.3 Å². The number of non-ortho nitro benzene ring substituents is 1. The maximum Gasteiger partial charge on any atom is 0.269 e. The van der Waals surface area contributed by atoms with Crippen LogP contribution in [0.25, 0.3) is 0 Å². The molecule has 0 amide bonds. The van der Waals surface area contributed by atoms with E-state index in [0.717, 1.165) is 44.8 Å². The third kappa shape index (κ3) is 5.10. The van der Waals surface area contributed by atoms with E-state index in [1.165, 1.54) is 0 Å². The summed E-state index contributed by atoms with van der Waals surface area (Å²) in [6, 6.07) is 6.90. The average molecular weight is 291 g/mol. The Morgan fingerprint density at radius 3 is 2.05 bits per heavy atom. The molecule has 5 heteroatoms. The molecule has 2 rings (SSSR count). The van der Waals surface area contributed by atoms with Gasteiger partial charge < -0.3 is 4.90 Å². The highest BCUT2D eigenvalue weighted by Gasteiger charge is 2.21. The molecular weight excluding hydrogens is 266 g/mol.